The Hall–Kier alpha value is -1.69. The Labute approximate surface area is 164 Å². The number of ether oxygens (including phenoxy) is 1. The average Bonchev–Trinajstić information content (AvgIpc) is 3.46. The number of nitrogens with zero attached hydrogens (tertiary/aromatic N) is 2. The normalized spacial score (nSPS) is 22.0. The number of nitrogens with one attached hydrogen (secondary N) is 1. The van der Waals surface area contributed by atoms with Crippen LogP contribution < -0.4 is 5.32 Å². The summed E-state index contributed by atoms with van der Waals surface area (Å²) in [4.78, 5) is 18.9. The lowest BCUT2D eigenvalue weighted by atomic mass is 9.87. The second-order valence-electron chi connectivity index (χ2n) is 8.06. The molecule has 1 saturated carbocycles. The molecule has 1 amide bonds. The van der Waals surface area contributed by atoms with Crippen molar-refractivity contribution in [3.63, 3.8) is 0 Å². The monoisotopic (exact) mass is 385 g/mol. The summed E-state index contributed by atoms with van der Waals surface area (Å²) in [6, 6.07) is 6.79. The number of amides is 1. The number of aromatic nitrogens is 1. The number of rotatable bonds is 4. The molecule has 3 aliphatic rings. The summed E-state index contributed by atoms with van der Waals surface area (Å²) in [7, 11) is 0. The van der Waals surface area contributed by atoms with Crippen molar-refractivity contribution in [3.8, 4) is 0 Å². The molecule has 5 rings (SSSR count). The summed E-state index contributed by atoms with van der Waals surface area (Å²) >= 11 is 6.62. The number of halogens is 1. The fourth-order valence-electron chi connectivity index (χ4n) is 4.15. The maximum absolute atomic E-state index is 12.0. The molecule has 5 nitrogen and oxygen atoms in total. The largest absolute Gasteiger partial charge is 0.378 e. The molecule has 3 heterocycles. The van der Waals surface area contributed by atoms with Crippen LogP contribution >= 0.6 is 11.6 Å². The van der Waals surface area contributed by atoms with Gasteiger partial charge in [0.25, 0.3) is 0 Å². The molecule has 0 spiro atoms. The predicted octanol–water partition coefficient (Wildman–Crippen LogP) is 3.81. The molecule has 1 N–H and O–H groups in total. The van der Waals surface area contributed by atoms with Gasteiger partial charge in [0.1, 0.15) is 5.82 Å². The summed E-state index contributed by atoms with van der Waals surface area (Å²) < 4.78 is 5.33. The van der Waals surface area contributed by atoms with Crippen molar-refractivity contribution in [2.24, 2.45) is 5.92 Å². The molecule has 142 valence electrons. The average molecular weight is 386 g/mol. The fourth-order valence-corrected chi connectivity index (χ4v) is 4.47. The number of hydrogen-bond donors (Lipinski definition) is 1. The third-order valence-corrected chi connectivity index (χ3v) is 6.47. The van der Waals surface area contributed by atoms with Crippen molar-refractivity contribution in [1.29, 1.82) is 0 Å². The Morgan fingerprint density at radius 2 is 1.89 bits per heavy atom. The highest BCUT2D eigenvalue weighted by atomic mass is 35.5. The Morgan fingerprint density at radius 3 is 2.56 bits per heavy atom. The molecule has 2 aliphatic heterocycles. The lowest BCUT2D eigenvalue weighted by molar-refractivity contribution is -0.117. The zero-order valence-electron chi connectivity index (χ0n) is 15.3. The van der Waals surface area contributed by atoms with Crippen LogP contribution in [-0.4, -0.2) is 48.1 Å². The Morgan fingerprint density at radius 1 is 1.11 bits per heavy atom. The summed E-state index contributed by atoms with van der Waals surface area (Å²) in [5.41, 5.74) is 1.22. The van der Waals surface area contributed by atoms with Crippen LogP contribution in [0.15, 0.2) is 24.4 Å². The van der Waals surface area contributed by atoms with E-state index in [0.717, 1.165) is 67.8 Å². The standard InChI is InChI=1S/C21H24ClN3O2/c22-19-8-16-10-23-20(24-21(26)14-1-2-14)9-15(16)7-18(19)13-3-5-25(6-4-13)17-11-27-12-17/h7-10,13-14,17H,1-6,11-12H2,(H,23,24,26). The van der Waals surface area contributed by atoms with Crippen LogP contribution in [0.25, 0.3) is 10.8 Å². The van der Waals surface area contributed by atoms with Crippen LogP contribution in [-0.2, 0) is 9.53 Å². The quantitative estimate of drug-likeness (QED) is 0.869. The minimum Gasteiger partial charge on any atom is -0.378 e. The van der Waals surface area contributed by atoms with Crippen molar-refractivity contribution in [2.75, 3.05) is 31.6 Å². The molecule has 3 fully saturated rings. The number of piperidine rings is 1. The molecule has 0 radical (unpaired) electrons. The summed E-state index contributed by atoms with van der Waals surface area (Å²) in [6.45, 7) is 3.96. The van der Waals surface area contributed by atoms with Gasteiger partial charge in [-0.1, -0.05) is 11.6 Å². The number of benzene rings is 1. The highest BCUT2D eigenvalue weighted by Crippen LogP contribution is 2.37. The number of fused-ring (bicyclic) bond motifs is 1. The Balaban J connectivity index is 1.35. The lowest BCUT2D eigenvalue weighted by Crippen LogP contribution is -2.51. The van der Waals surface area contributed by atoms with Gasteiger partial charge in [-0.15, -0.1) is 0 Å². The zero-order valence-corrected chi connectivity index (χ0v) is 16.0. The van der Waals surface area contributed by atoms with E-state index < -0.39 is 0 Å². The minimum absolute atomic E-state index is 0.0865. The number of pyridine rings is 1. The first-order valence-electron chi connectivity index (χ1n) is 9.89. The minimum atomic E-state index is 0.0865. The fraction of sp³-hybridized carbons (Fsp3) is 0.524. The van der Waals surface area contributed by atoms with Gasteiger partial charge in [-0.3, -0.25) is 9.69 Å². The van der Waals surface area contributed by atoms with Crippen LogP contribution in [0.1, 0.15) is 37.2 Å². The van der Waals surface area contributed by atoms with Crippen molar-refractivity contribution < 1.29 is 9.53 Å². The van der Waals surface area contributed by atoms with Crippen molar-refractivity contribution in [1.82, 2.24) is 9.88 Å². The molecule has 0 bridgehead atoms. The Kier molecular flexibility index (Phi) is 4.54. The van der Waals surface area contributed by atoms with Crippen molar-refractivity contribution in [2.45, 2.75) is 37.6 Å². The van der Waals surface area contributed by atoms with Crippen LogP contribution in [0.3, 0.4) is 0 Å². The van der Waals surface area contributed by atoms with Crippen molar-refractivity contribution in [3.05, 3.63) is 35.0 Å². The van der Waals surface area contributed by atoms with E-state index in [2.05, 4.69) is 21.3 Å². The molecular weight excluding hydrogens is 362 g/mol. The van der Waals surface area contributed by atoms with E-state index in [9.17, 15) is 4.79 Å². The molecule has 0 unspecified atom stereocenters. The maximum atomic E-state index is 12.0. The second kappa shape index (κ2) is 7.04. The third-order valence-electron chi connectivity index (χ3n) is 6.14. The van der Waals surface area contributed by atoms with Crippen LogP contribution in [0.4, 0.5) is 5.82 Å². The van der Waals surface area contributed by atoms with E-state index in [1.54, 1.807) is 6.20 Å². The van der Waals surface area contributed by atoms with E-state index >= 15 is 0 Å². The van der Waals surface area contributed by atoms with Gasteiger partial charge in [-0.25, -0.2) is 4.98 Å². The van der Waals surface area contributed by atoms with Gasteiger partial charge in [0, 0.05) is 22.5 Å². The van der Waals surface area contributed by atoms with Gasteiger partial charge in [0.15, 0.2) is 0 Å². The molecule has 2 saturated heterocycles. The molecular formula is C21H24ClN3O2. The third kappa shape index (κ3) is 3.56. The molecule has 1 aromatic carbocycles. The van der Waals surface area contributed by atoms with Gasteiger partial charge in [0.05, 0.1) is 19.3 Å². The first-order valence-corrected chi connectivity index (χ1v) is 10.3. The summed E-state index contributed by atoms with van der Waals surface area (Å²) in [6.07, 6.45) is 6.03. The number of hydrogen-bond acceptors (Lipinski definition) is 4. The summed E-state index contributed by atoms with van der Waals surface area (Å²) in [5.74, 6) is 1.38. The number of anilines is 1. The van der Waals surface area contributed by atoms with E-state index in [0.29, 0.717) is 17.8 Å². The molecule has 2 aromatic rings. The lowest BCUT2D eigenvalue weighted by Gasteiger charge is -2.41. The molecule has 27 heavy (non-hydrogen) atoms. The van der Waals surface area contributed by atoms with Crippen LogP contribution in [0, 0.1) is 5.92 Å². The van der Waals surface area contributed by atoms with E-state index in [1.807, 2.05) is 12.1 Å². The predicted molar refractivity (Wildman–Crippen MR) is 106 cm³/mol. The first-order chi connectivity index (χ1) is 13.2. The van der Waals surface area contributed by atoms with E-state index in [1.165, 1.54) is 5.56 Å². The van der Waals surface area contributed by atoms with Crippen LogP contribution in [0.2, 0.25) is 5.02 Å². The van der Waals surface area contributed by atoms with Gasteiger partial charge in [-0.05, 0) is 73.8 Å². The van der Waals surface area contributed by atoms with Gasteiger partial charge < -0.3 is 10.1 Å². The first kappa shape index (κ1) is 17.4. The highest BCUT2D eigenvalue weighted by Gasteiger charge is 2.31. The van der Waals surface area contributed by atoms with Crippen molar-refractivity contribution >= 4 is 34.1 Å². The number of carbonyl (C=O) groups excluding carboxylic acids is 1. The zero-order chi connectivity index (χ0) is 18.4. The second-order valence-corrected chi connectivity index (χ2v) is 8.46. The van der Waals surface area contributed by atoms with Gasteiger partial charge in [-0.2, -0.15) is 0 Å². The van der Waals surface area contributed by atoms with E-state index in [4.69, 9.17) is 16.3 Å². The molecule has 0 atom stereocenters. The summed E-state index contributed by atoms with van der Waals surface area (Å²) in [5, 5.41) is 5.86. The maximum Gasteiger partial charge on any atom is 0.228 e. The van der Waals surface area contributed by atoms with Gasteiger partial charge in [0.2, 0.25) is 5.91 Å². The molecule has 6 heteroatoms. The Bertz CT molecular complexity index is 871. The highest BCUT2D eigenvalue weighted by molar-refractivity contribution is 6.32. The number of likely N-dealkylation sites (tertiary alicyclic amines) is 1. The smallest absolute Gasteiger partial charge is 0.228 e. The topological polar surface area (TPSA) is 54.5 Å². The number of carbonyl (C=O) groups is 1. The van der Waals surface area contributed by atoms with E-state index in [-0.39, 0.29) is 11.8 Å². The van der Waals surface area contributed by atoms with Gasteiger partial charge >= 0.3 is 0 Å². The van der Waals surface area contributed by atoms with Crippen LogP contribution in [0.5, 0.6) is 0 Å². The SMILES string of the molecule is O=C(Nc1cc2cc(C3CCN(C4COC4)CC3)c(Cl)cc2cn1)C1CC1. The molecule has 1 aromatic heterocycles. The molecule has 1 aliphatic carbocycles.